The second kappa shape index (κ2) is 2.13. The fraction of sp³-hybridized carbons (Fsp3) is 0.800. The molecule has 0 aromatic rings. The number of rotatable bonds is 2. The van der Waals surface area contributed by atoms with Crippen LogP contribution in [0.25, 0.3) is 0 Å². The van der Waals surface area contributed by atoms with Gasteiger partial charge in [0.15, 0.2) is 0 Å². The smallest absolute Gasteiger partial charge is 0.304 e. The van der Waals surface area contributed by atoms with Crippen molar-refractivity contribution in [3.63, 3.8) is 0 Å². The number of carboxylic acid groups (broad SMARTS) is 1. The Kier molecular flexibility index (Phi) is 1.48. The summed E-state index contributed by atoms with van der Waals surface area (Å²) in [7, 11) is 0. The number of hydrogen-bond donors (Lipinski definition) is 2. The van der Waals surface area contributed by atoms with Gasteiger partial charge in [-0.3, -0.25) is 4.79 Å². The zero-order chi connectivity index (χ0) is 5.98. The van der Waals surface area contributed by atoms with Crippen molar-refractivity contribution in [1.29, 1.82) is 0 Å². The van der Waals surface area contributed by atoms with E-state index in [4.69, 9.17) is 5.11 Å². The van der Waals surface area contributed by atoms with Crippen LogP contribution in [0.15, 0.2) is 0 Å². The Labute approximate surface area is 47.7 Å². The molecule has 0 aromatic heterocycles. The standard InChI is InChI=1S/C5H9NO2/c7-5(8)1-4-2-6-3-4/h4,6H,1-3H2,(H,7,8)/p+1. The van der Waals surface area contributed by atoms with Gasteiger partial charge < -0.3 is 10.4 Å². The fourth-order valence-corrected chi connectivity index (χ4v) is 0.816. The van der Waals surface area contributed by atoms with E-state index in [-0.39, 0.29) is 0 Å². The molecule has 8 heavy (non-hydrogen) atoms. The highest BCUT2D eigenvalue weighted by molar-refractivity contribution is 5.67. The molecule has 0 unspecified atom stereocenters. The monoisotopic (exact) mass is 116 g/mol. The van der Waals surface area contributed by atoms with Crippen LogP contribution in [0.2, 0.25) is 0 Å². The van der Waals surface area contributed by atoms with E-state index in [0.717, 1.165) is 13.1 Å². The Morgan fingerprint density at radius 1 is 1.75 bits per heavy atom. The predicted octanol–water partition coefficient (Wildman–Crippen LogP) is -1.35. The first-order valence-corrected chi connectivity index (χ1v) is 2.82. The minimum atomic E-state index is -0.664. The van der Waals surface area contributed by atoms with E-state index in [1.807, 2.05) is 0 Å². The number of carboxylic acids is 1. The van der Waals surface area contributed by atoms with Crippen molar-refractivity contribution in [3.8, 4) is 0 Å². The van der Waals surface area contributed by atoms with Gasteiger partial charge >= 0.3 is 5.97 Å². The molecule has 0 radical (unpaired) electrons. The quantitative estimate of drug-likeness (QED) is 0.469. The van der Waals surface area contributed by atoms with Crippen molar-refractivity contribution in [1.82, 2.24) is 0 Å². The molecule has 0 bridgehead atoms. The first-order chi connectivity index (χ1) is 3.79. The average molecular weight is 116 g/mol. The van der Waals surface area contributed by atoms with Crippen molar-refractivity contribution in [2.24, 2.45) is 5.92 Å². The Morgan fingerprint density at radius 2 is 2.38 bits per heavy atom. The molecule has 0 atom stereocenters. The van der Waals surface area contributed by atoms with Gasteiger partial charge in [0.2, 0.25) is 0 Å². The summed E-state index contributed by atoms with van der Waals surface area (Å²) in [6, 6.07) is 0. The van der Waals surface area contributed by atoms with Crippen LogP contribution in [0.4, 0.5) is 0 Å². The number of carbonyl (C=O) groups is 1. The number of quaternary nitrogens is 1. The lowest BCUT2D eigenvalue weighted by Crippen LogP contribution is -2.96. The van der Waals surface area contributed by atoms with Gasteiger partial charge in [0.25, 0.3) is 0 Å². The van der Waals surface area contributed by atoms with Crippen LogP contribution in [0.3, 0.4) is 0 Å². The van der Waals surface area contributed by atoms with Gasteiger partial charge in [-0.1, -0.05) is 0 Å². The van der Waals surface area contributed by atoms with Crippen LogP contribution < -0.4 is 5.32 Å². The summed E-state index contributed by atoms with van der Waals surface area (Å²) in [6.07, 6.45) is 0.358. The Bertz CT molecular complexity index is 98.6. The van der Waals surface area contributed by atoms with Crippen molar-refractivity contribution in [3.05, 3.63) is 0 Å². The summed E-state index contributed by atoms with van der Waals surface area (Å²) in [4.78, 5) is 9.99. The van der Waals surface area contributed by atoms with Crippen molar-refractivity contribution >= 4 is 5.97 Å². The van der Waals surface area contributed by atoms with E-state index in [2.05, 4.69) is 5.32 Å². The zero-order valence-electron chi connectivity index (χ0n) is 4.63. The summed E-state index contributed by atoms with van der Waals surface area (Å²) in [5, 5.41) is 10.4. The van der Waals surface area contributed by atoms with Crippen LogP contribution in [0, 0.1) is 5.92 Å². The Morgan fingerprint density at radius 3 is 2.50 bits per heavy atom. The Hall–Kier alpha value is -0.570. The molecule has 0 spiro atoms. The minimum absolute atomic E-state index is 0.358. The topological polar surface area (TPSA) is 53.9 Å². The summed E-state index contributed by atoms with van der Waals surface area (Å²) in [6.45, 7) is 2.01. The molecule has 0 aromatic carbocycles. The lowest BCUT2D eigenvalue weighted by Gasteiger charge is -2.20. The van der Waals surface area contributed by atoms with Gasteiger partial charge in [-0.2, -0.15) is 0 Å². The predicted molar refractivity (Wildman–Crippen MR) is 27.4 cm³/mol. The molecule has 1 aliphatic rings. The molecule has 1 fully saturated rings. The van der Waals surface area contributed by atoms with Crippen LogP contribution in [-0.4, -0.2) is 24.2 Å². The molecule has 0 aliphatic carbocycles. The minimum Gasteiger partial charge on any atom is -0.481 e. The van der Waals surface area contributed by atoms with Gasteiger partial charge in [0.05, 0.1) is 25.4 Å². The van der Waals surface area contributed by atoms with Crippen molar-refractivity contribution in [2.75, 3.05) is 13.1 Å². The van der Waals surface area contributed by atoms with Crippen LogP contribution in [0.5, 0.6) is 0 Å². The first kappa shape index (κ1) is 5.56. The highest BCUT2D eigenvalue weighted by Crippen LogP contribution is 2.00. The van der Waals surface area contributed by atoms with Gasteiger partial charge in [-0.25, -0.2) is 0 Å². The van der Waals surface area contributed by atoms with E-state index in [0.29, 0.717) is 12.3 Å². The molecular formula is C5H10NO2+. The van der Waals surface area contributed by atoms with Gasteiger partial charge in [0.1, 0.15) is 0 Å². The molecular weight excluding hydrogens is 106 g/mol. The molecule has 3 nitrogen and oxygen atoms in total. The molecule has 0 saturated carbocycles. The Balaban J connectivity index is 2.09. The lowest BCUT2D eigenvalue weighted by molar-refractivity contribution is -0.722. The SMILES string of the molecule is O=C(O)CC1C[NH2+]C1. The highest BCUT2D eigenvalue weighted by atomic mass is 16.4. The number of nitrogens with two attached hydrogens (primary N) is 1. The van der Waals surface area contributed by atoms with Crippen molar-refractivity contribution in [2.45, 2.75) is 6.42 Å². The number of hydrogen-bond acceptors (Lipinski definition) is 1. The average Bonchev–Trinajstić information content (AvgIpc) is 1.55. The van der Waals surface area contributed by atoms with E-state index in [1.165, 1.54) is 0 Å². The van der Waals surface area contributed by atoms with E-state index in [9.17, 15) is 4.79 Å². The third kappa shape index (κ3) is 1.20. The van der Waals surface area contributed by atoms with Gasteiger partial charge in [-0.15, -0.1) is 0 Å². The van der Waals surface area contributed by atoms with Gasteiger partial charge in [0, 0.05) is 0 Å². The van der Waals surface area contributed by atoms with Crippen LogP contribution in [-0.2, 0) is 4.79 Å². The number of aliphatic carboxylic acids is 1. The maximum Gasteiger partial charge on any atom is 0.304 e. The van der Waals surface area contributed by atoms with E-state index in [1.54, 1.807) is 0 Å². The first-order valence-electron chi connectivity index (χ1n) is 2.82. The third-order valence-electron chi connectivity index (χ3n) is 1.46. The molecule has 46 valence electrons. The molecule has 1 rings (SSSR count). The zero-order valence-corrected chi connectivity index (χ0v) is 4.63. The summed E-state index contributed by atoms with van der Waals surface area (Å²) in [5.41, 5.74) is 0. The second-order valence-electron chi connectivity index (χ2n) is 2.22. The molecule has 0 amide bonds. The summed E-state index contributed by atoms with van der Waals surface area (Å²) in [5.74, 6) is -0.212. The molecule has 3 heteroatoms. The molecule has 1 aliphatic heterocycles. The van der Waals surface area contributed by atoms with Crippen LogP contribution in [0.1, 0.15) is 6.42 Å². The largest absolute Gasteiger partial charge is 0.481 e. The normalized spacial score (nSPS) is 20.0. The maximum absolute atomic E-state index is 9.99. The fourth-order valence-electron chi connectivity index (χ4n) is 0.816. The third-order valence-corrected chi connectivity index (χ3v) is 1.46. The maximum atomic E-state index is 9.99. The second-order valence-corrected chi connectivity index (χ2v) is 2.22. The van der Waals surface area contributed by atoms with Gasteiger partial charge in [-0.05, 0) is 0 Å². The van der Waals surface area contributed by atoms with E-state index >= 15 is 0 Å². The summed E-state index contributed by atoms with van der Waals surface area (Å²) < 4.78 is 0. The van der Waals surface area contributed by atoms with E-state index < -0.39 is 5.97 Å². The molecule has 1 heterocycles. The molecule has 3 N–H and O–H groups in total. The lowest BCUT2D eigenvalue weighted by atomic mass is 10.00. The summed E-state index contributed by atoms with van der Waals surface area (Å²) >= 11 is 0. The van der Waals surface area contributed by atoms with Crippen LogP contribution >= 0.6 is 0 Å². The van der Waals surface area contributed by atoms with Crippen molar-refractivity contribution < 1.29 is 15.2 Å². The molecule has 1 saturated heterocycles. The highest BCUT2D eigenvalue weighted by Gasteiger charge is 2.23.